The first-order valence-electron chi connectivity index (χ1n) is 5.87. The van der Waals surface area contributed by atoms with Gasteiger partial charge in [-0.1, -0.05) is 11.6 Å². The number of amides is 2. The van der Waals surface area contributed by atoms with Crippen molar-refractivity contribution < 1.29 is 14.7 Å². The number of nitrogens with zero attached hydrogens (tertiary/aromatic N) is 3. The molecule has 0 bridgehead atoms. The summed E-state index contributed by atoms with van der Waals surface area (Å²) in [6, 6.07) is 1.99. The number of urea groups is 1. The molecular formula is C11H9ClN4O3S2. The van der Waals surface area contributed by atoms with E-state index in [4.69, 9.17) is 16.7 Å². The maximum absolute atomic E-state index is 12.3. The number of hydrogen-bond acceptors (Lipinski definition) is 6. The van der Waals surface area contributed by atoms with Gasteiger partial charge in [-0.15, -0.1) is 11.8 Å². The number of aliphatic carboxylic acids is 1. The molecule has 1 aliphatic heterocycles. The average Bonchev–Trinajstić information content (AvgIpc) is 3.09. The second-order valence-corrected chi connectivity index (χ2v) is 6.24. The van der Waals surface area contributed by atoms with Gasteiger partial charge in [0.05, 0.1) is 28.3 Å². The number of benzene rings is 1. The maximum Gasteiger partial charge on any atom is 0.327 e. The number of carbonyl (C=O) groups excluding carboxylic acids is 1. The van der Waals surface area contributed by atoms with Crippen LogP contribution in [-0.2, 0) is 4.79 Å². The number of rotatable bonds is 2. The first-order chi connectivity index (χ1) is 10.1. The number of carboxylic acids is 1. The molecule has 0 radical (unpaired) electrons. The normalized spacial score (nSPS) is 18.1. The fourth-order valence-corrected chi connectivity index (χ4v) is 3.86. The molecule has 0 unspecified atom stereocenters. The third-order valence-electron chi connectivity index (χ3n) is 3.04. The highest BCUT2D eigenvalue weighted by Crippen LogP contribution is 2.31. The smallest absolute Gasteiger partial charge is 0.327 e. The molecule has 10 heteroatoms. The highest BCUT2D eigenvalue weighted by Gasteiger charge is 2.35. The molecule has 0 spiro atoms. The van der Waals surface area contributed by atoms with Gasteiger partial charge in [0.15, 0.2) is 0 Å². The number of aromatic nitrogens is 2. The van der Waals surface area contributed by atoms with E-state index in [0.717, 1.165) is 11.7 Å². The fraction of sp³-hybridized carbons (Fsp3) is 0.273. The Morgan fingerprint density at radius 2 is 2.24 bits per heavy atom. The molecule has 2 heterocycles. The Bertz CT molecular complexity index is 723. The number of thioether (sulfide) groups is 1. The predicted octanol–water partition coefficient (Wildman–Crippen LogP) is 2.34. The van der Waals surface area contributed by atoms with E-state index >= 15 is 0 Å². The monoisotopic (exact) mass is 344 g/mol. The van der Waals surface area contributed by atoms with E-state index in [-0.39, 0.29) is 0 Å². The molecule has 1 fully saturated rings. The molecule has 110 valence electrons. The summed E-state index contributed by atoms with van der Waals surface area (Å²) in [5, 5.41) is 12.1. The van der Waals surface area contributed by atoms with Crippen LogP contribution in [0.25, 0.3) is 11.0 Å². The highest BCUT2D eigenvalue weighted by molar-refractivity contribution is 7.99. The summed E-state index contributed by atoms with van der Waals surface area (Å²) in [6.45, 7) is 0. The van der Waals surface area contributed by atoms with Crippen LogP contribution in [0.5, 0.6) is 0 Å². The van der Waals surface area contributed by atoms with Crippen molar-refractivity contribution in [2.24, 2.45) is 0 Å². The molecule has 7 nitrogen and oxygen atoms in total. The molecule has 1 aliphatic rings. The van der Waals surface area contributed by atoms with Crippen LogP contribution >= 0.6 is 35.1 Å². The van der Waals surface area contributed by atoms with Gasteiger partial charge in [-0.3, -0.25) is 0 Å². The molecule has 1 saturated heterocycles. The molecule has 2 amide bonds. The molecule has 0 saturated carbocycles. The molecule has 2 N–H and O–H groups in total. The molecule has 0 aliphatic carbocycles. The third kappa shape index (κ3) is 2.63. The second-order valence-electron chi connectivity index (χ2n) is 4.31. The predicted molar refractivity (Wildman–Crippen MR) is 82.0 cm³/mol. The van der Waals surface area contributed by atoms with E-state index < -0.39 is 18.0 Å². The van der Waals surface area contributed by atoms with Gasteiger partial charge in [-0.2, -0.15) is 8.75 Å². The van der Waals surface area contributed by atoms with Gasteiger partial charge in [-0.05, 0) is 12.1 Å². The Morgan fingerprint density at radius 3 is 3.00 bits per heavy atom. The standard InChI is InChI=1S/C11H9ClN4O3S2/c12-5-1-2-6-9(15-21-14-6)8(5)13-11(19)16-4-20-3-7(16)10(17)18/h1-2,7H,3-4H2,(H,13,19)(H,17,18)/t7-/m0/s1. The topological polar surface area (TPSA) is 95.4 Å². The van der Waals surface area contributed by atoms with E-state index in [1.54, 1.807) is 12.1 Å². The third-order valence-corrected chi connectivity index (χ3v) is 4.91. The summed E-state index contributed by atoms with van der Waals surface area (Å²) in [5.74, 6) is -0.320. The molecule has 1 aromatic heterocycles. The molecular weight excluding hydrogens is 336 g/mol. The minimum atomic E-state index is -1.02. The Labute approximate surface area is 132 Å². The van der Waals surface area contributed by atoms with Gasteiger partial charge >= 0.3 is 12.0 Å². The molecule has 21 heavy (non-hydrogen) atoms. The number of hydrogen-bond donors (Lipinski definition) is 2. The number of fused-ring (bicyclic) bond motifs is 1. The van der Waals surface area contributed by atoms with Crippen LogP contribution in [0.1, 0.15) is 0 Å². The summed E-state index contributed by atoms with van der Waals surface area (Å²) < 4.78 is 8.18. The summed E-state index contributed by atoms with van der Waals surface area (Å²) in [5.41, 5.74) is 1.49. The maximum atomic E-state index is 12.3. The van der Waals surface area contributed by atoms with Crippen molar-refractivity contribution in [2.45, 2.75) is 6.04 Å². The van der Waals surface area contributed by atoms with Gasteiger partial charge in [0.1, 0.15) is 17.1 Å². The van der Waals surface area contributed by atoms with Gasteiger partial charge in [0.2, 0.25) is 0 Å². The zero-order valence-electron chi connectivity index (χ0n) is 10.4. The zero-order chi connectivity index (χ0) is 15.0. The summed E-state index contributed by atoms with van der Waals surface area (Å²) >= 11 is 8.50. The van der Waals surface area contributed by atoms with E-state index in [9.17, 15) is 9.59 Å². The highest BCUT2D eigenvalue weighted by atomic mass is 35.5. The van der Waals surface area contributed by atoms with Crippen LogP contribution in [-0.4, -0.2) is 48.4 Å². The Morgan fingerprint density at radius 1 is 1.43 bits per heavy atom. The Hall–Kier alpha value is -1.58. The van der Waals surface area contributed by atoms with Crippen molar-refractivity contribution in [1.82, 2.24) is 13.6 Å². The number of halogens is 1. The Kier molecular flexibility index (Phi) is 3.87. The molecule has 2 aromatic rings. The van der Waals surface area contributed by atoms with Crippen LogP contribution in [0, 0.1) is 0 Å². The van der Waals surface area contributed by atoms with Crippen LogP contribution in [0.2, 0.25) is 5.02 Å². The van der Waals surface area contributed by atoms with Crippen LogP contribution in [0.4, 0.5) is 10.5 Å². The number of carboxylic acid groups (broad SMARTS) is 1. The lowest BCUT2D eigenvalue weighted by Crippen LogP contribution is -2.44. The van der Waals surface area contributed by atoms with Crippen molar-refractivity contribution in [3.8, 4) is 0 Å². The first-order valence-corrected chi connectivity index (χ1v) is 8.13. The molecule has 1 atom stereocenters. The van der Waals surface area contributed by atoms with Crippen LogP contribution < -0.4 is 5.32 Å². The van der Waals surface area contributed by atoms with E-state index in [0.29, 0.717) is 33.4 Å². The minimum absolute atomic E-state index is 0.325. The number of nitrogens with one attached hydrogen (secondary N) is 1. The lowest BCUT2D eigenvalue weighted by Gasteiger charge is -2.21. The number of carbonyl (C=O) groups is 2. The van der Waals surface area contributed by atoms with Gasteiger partial charge < -0.3 is 15.3 Å². The molecule has 3 rings (SSSR count). The van der Waals surface area contributed by atoms with E-state index in [1.807, 2.05) is 0 Å². The van der Waals surface area contributed by atoms with Crippen molar-refractivity contribution in [3.63, 3.8) is 0 Å². The van der Waals surface area contributed by atoms with Crippen LogP contribution in [0.3, 0.4) is 0 Å². The van der Waals surface area contributed by atoms with Gasteiger partial charge in [-0.25, -0.2) is 9.59 Å². The van der Waals surface area contributed by atoms with E-state index in [1.165, 1.54) is 16.7 Å². The van der Waals surface area contributed by atoms with Crippen molar-refractivity contribution in [3.05, 3.63) is 17.2 Å². The van der Waals surface area contributed by atoms with Gasteiger partial charge in [0.25, 0.3) is 0 Å². The van der Waals surface area contributed by atoms with E-state index in [2.05, 4.69) is 14.1 Å². The second kappa shape index (κ2) is 5.66. The summed E-state index contributed by atoms with van der Waals surface area (Å²) in [7, 11) is 0. The Balaban J connectivity index is 1.88. The average molecular weight is 345 g/mol. The largest absolute Gasteiger partial charge is 0.480 e. The zero-order valence-corrected chi connectivity index (χ0v) is 12.8. The van der Waals surface area contributed by atoms with Crippen molar-refractivity contribution in [2.75, 3.05) is 16.9 Å². The molecule has 1 aromatic carbocycles. The fourth-order valence-electron chi connectivity index (χ4n) is 1.97. The van der Waals surface area contributed by atoms with Gasteiger partial charge in [0, 0.05) is 5.75 Å². The lowest BCUT2D eigenvalue weighted by molar-refractivity contribution is -0.140. The number of anilines is 1. The van der Waals surface area contributed by atoms with Crippen molar-refractivity contribution >= 4 is 63.8 Å². The lowest BCUT2D eigenvalue weighted by atomic mass is 10.2. The minimum Gasteiger partial charge on any atom is -0.480 e. The summed E-state index contributed by atoms with van der Waals surface area (Å²) in [6.07, 6.45) is 0. The summed E-state index contributed by atoms with van der Waals surface area (Å²) in [4.78, 5) is 24.7. The van der Waals surface area contributed by atoms with Crippen LogP contribution in [0.15, 0.2) is 12.1 Å². The SMILES string of the molecule is O=C(O)[C@@H]1CSCN1C(=O)Nc1c(Cl)ccc2nsnc12. The quantitative estimate of drug-likeness (QED) is 0.868. The van der Waals surface area contributed by atoms with Crippen molar-refractivity contribution in [1.29, 1.82) is 0 Å². The first kappa shape index (κ1) is 14.4.